The molecule has 1 amide bonds. The highest BCUT2D eigenvalue weighted by atomic mass is 16.2. The molecule has 0 radical (unpaired) electrons. The molecule has 2 heteroatoms. The van der Waals surface area contributed by atoms with Crippen LogP contribution in [0.4, 0.5) is 0 Å². The summed E-state index contributed by atoms with van der Waals surface area (Å²) in [4.78, 5) is 12.1. The van der Waals surface area contributed by atoms with E-state index in [1.807, 2.05) is 25.2 Å². The minimum atomic E-state index is 0.0424. The first-order valence-electron chi connectivity index (χ1n) is 3.21. The molecule has 0 fully saturated rings. The van der Waals surface area contributed by atoms with Crippen molar-refractivity contribution in [3.8, 4) is 0 Å². The molecule has 0 saturated carbocycles. The Hall–Kier alpha value is -1.05. The number of hydrogen-bond acceptors (Lipinski definition) is 1. The predicted molar refractivity (Wildman–Crippen MR) is 42.4 cm³/mol. The van der Waals surface area contributed by atoms with Crippen molar-refractivity contribution >= 4 is 5.91 Å². The molecule has 0 aromatic rings. The fourth-order valence-electron chi connectivity index (χ4n) is 0.395. The molecule has 0 bridgehead atoms. The summed E-state index contributed by atoms with van der Waals surface area (Å²) in [5, 5.41) is 0. The molecule has 0 heterocycles. The molecule has 0 N–H and O–H groups in total. The van der Waals surface area contributed by atoms with Crippen molar-refractivity contribution in [2.75, 3.05) is 7.05 Å². The molecule has 0 aliphatic rings. The van der Waals surface area contributed by atoms with E-state index in [9.17, 15) is 4.79 Å². The lowest BCUT2D eigenvalue weighted by atomic mass is 10.5. The zero-order chi connectivity index (χ0) is 7.98. The van der Waals surface area contributed by atoms with Gasteiger partial charge in [-0.25, -0.2) is 0 Å². The zero-order valence-corrected chi connectivity index (χ0v) is 6.66. The van der Waals surface area contributed by atoms with Gasteiger partial charge >= 0.3 is 0 Å². The van der Waals surface area contributed by atoms with E-state index >= 15 is 0 Å². The van der Waals surface area contributed by atoms with Crippen molar-refractivity contribution in [1.29, 1.82) is 0 Å². The number of allylic oxidation sites excluding steroid dienone is 3. The Labute approximate surface area is 61.8 Å². The van der Waals surface area contributed by atoms with Crippen LogP contribution in [0.1, 0.15) is 13.8 Å². The summed E-state index contributed by atoms with van der Waals surface area (Å²) < 4.78 is 0. The summed E-state index contributed by atoms with van der Waals surface area (Å²) in [5.41, 5.74) is 0. The smallest absolute Gasteiger partial charge is 0.223 e. The largest absolute Gasteiger partial charge is 0.322 e. The van der Waals surface area contributed by atoms with Crippen molar-refractivity contribution in [2.24, 2.45) is 0 Å². The molecule has 0 aromatic carbocycles. The van der Waals surface area contributed by atoms with E-state index in [-0.39, 0.29) is 5.91 Å². The van der Waals surface area contributed by atoms with Crippen LogP contribution in [0.25, 0.3) is 0 Å². The summed E-state index contributed by atoms with van der Waals surface area (Å²) in [7, 11) is 1.72. The number of amides is 1. The minimum Gasteiger partial charge on any atom is -0.322 e. The molecule has 0 unspecified atom stereocenters. The second-order valence-electron chi connectivity index (χ2n) is 2.00. The molecule has 10 heavy (non-hydrogen) atoms. The Balaban J connectivity index is 3.77. The highest BCUT2D eigenvalue weighted by Crippen LogP contribution is 1.85. The molecule has 0 rings (SSSR count). The fraction of sp³-hybridized carbons (Fsp3) is 0.375. The second-order valence-corrected chi connectivity index (χ2v) is 2.00. The molecule has 2 nitrogen and oxygen atoms in total. The van der Waals surface area contributed by atoms with Crippen LogP contribution in [0, 0.1) is 0 Å². The van der Waals surface area contributed by atoms with Gasteiger partial charge in [0.05, 0.1) is 0 Å². The van der Waals surface area contributed by atoms with Crippen LogP contribution in [-0.2, 0) is 4.79 Å². The number of carbonyl (C=O) groups is 1. The molecule has 56 valence electrons. The lowest BCUT2D eigenvalue weighted by Crippen LogP contribution is -2.16. The highest BCUT2D eigenvalue weighted by molar-refractivity contribution is 5.73. The number of hydrogen-bond donors (Lipinski definition) is 0. The van der Waals surface area contributed by atoms with Crippen LogP contribution >= 0.6 is 0 Å². The van der Waals surface area contributed by atoms with Crippen molar-refractivity contribution < 1.29 is 4.79 Å². The summed E-state index contributed by atoms with van der Waals surface area (Å²) in [6.45, 7) is 3.46. The number of carbonyl (C=O) groups excluding carboxylic acids is 1. The quantitative estimate of drug-likeness (QED) is 0.531. The van der Waals surface area contributed by atoms with Gasteiger partial charge in [0.15, 0.2) is 0 Å². The standard InChI is InChI=1S/C8H13NO/c1-4-5-6-7-9(3)8(2)10/h4-7H,1-3H3/b5-4-,7-6-. The second kappa shape index (κ2) is 4.79. The summed E-state index contributed by atoms with van der Waals surface area (Å²) in [5.74, 6) is 0.0424. The van der Waals surface area contributed by atoms with Crippen LogP contribution in [0.15, 0.2) is 24.4 Å². The Kier molecular flexibility index (Phi) is 4.29. The maximum absolute atomic E-state index is 10.6. The zero-order valence-electron chi connectivity index (χ0n) is 6.66. The highest BCUT2D eigenvalue weighted by Gasteiger charge is 1.92. The van der Waals surface area contributed by atoms with Crippen LogP contribution < -0.4 is 0 Å². The van der Waals surface area contributed by atoms with Gasteiger partial charge in [-0.2, -0.15) is 0 Å². The molecular weight excluding hydrogens is 126 g/mol. The Morgan fingerprint density at radius 3 is 2.40 bits per heavy atom. The molecular formula is C8H13NO. The SMILES string of the molecule is C/C=C\C=C/N(C)C(C)=O. The van der Waals surface area contributed by atoms with Crippen LogP contribution in [0.5, 0.6) is 0 Å². The van der Waals surface area contributed by atoms with Crippen LogP contribution in [0.3, 0.4) is 0 Å². The predicted octanol–water partition coefficient (Wildman–Crippen LogP) is 1.55. The lowest BCUT2D eigenvalue weighted by molar-refractivity contribution is -0.125. The Morgan fingerprint density at radius 2 is 2.00 bits per heavy atom. The third-order valence-electron chi connectivity index (χ3n) is 1.11. The molecule has 0 aromatic heterocycles. The third kappa shape index (κ3) is 3.89. The first-order valence-corrected chi connectivity index (χ1v) is 3.21. The van der Waals surface area contributed by atoms with Crippen LogP contribution in [0.2, 0.25) is 0 Å². The first-order chi connectivity index (χ1) is 4.68. The van der Waals surface area contributed by atoms with Gasteiger partial charge < -0.3 is 4.90 Å². The third-order valence-corrected chi connectivity index (χ3v) is 1.11. The monoisotopic (exact) mass is 139 g/mol. The van der Waals surface area contributed by atoms with E-state index < -0.39 is 0 Å². The van der Waals surface area contributed by atoms with Gasteiger partial charge in [0.2, 0.25) is 5.91 Å². The van der Waals surface area contributed by atoms with Gasteiger partial charge in [0.1, 0.15) is 0 Å². The van der Waals surface area contributed by atoms with Gasteiger partial charge in [0, 0.05) is 20.2 Å². The number of rotatable bonds is 2. The van der Waals surface area contributed by atoms with Gasteiger partial charge in [0.25, 0.3) is 0 Å². The summed E-state index contributed by atoms with van der Waals surface area (Å²) >= 11 is 0. The topological polar surface area (TPSA) is 20.3 Å². The Bertz CT molecular complexity index is 159. The minimum absolute atomic E-state index is 0.0424. The van der Waals surface area contributed by atoms with Gasteiger partial charge in [-0.05, 0) is 13.0 Å². The maximum Gasteiger partial charge on any atom is 0.223 e. The van der Waals surface area contributed by atoms with Gasteiger partial charge in [-0.3, -0.25) is 4.79 Å². The van der Waals surface area contributed by atoms with E-state index in [4.69, 9.17) is 0 Å². The first kappa shape index (κ1) is 8.95. The average molecular weight is 139 g/mol. The van der Waals surface area contributed by atoms with E-state index in [1.165, 1.54) is 11.8 Å². The van der Waals surface area contributed by atoms with Crippen molar-refractivity contribution in [2.45, 2.75) is 13.8 Å². The molecule has 0 spiro atoms. The summed E-state index contributed by atoms with van der Waals surface area (Å²) in [6, 6.07) is 0. The van der Waals surface area contributed by atoms with Gasteiger partial charge in [-0.15, -0.1) is 0 Å². The molecule has 0 aliphatic carbocycles. The van der Waals surface area contributed by atoms with Gasteiger partial charge in [-0.1, -0.05) is 12.2 Å². The molecule has 0 saturated heterocycles. The van der Waals surface area contributed by atoms with Crippen molar-refractivity contribution in [1.82, 2.24) is 4.90 Å². The normalized spacial score (nSPS) is 11.1. The average Bonchev–Trinajstić information content (AvgIpc) is 1.88. The van der Waals surface area contributed by atoms with Crippen molar-refractivity contribution in [3.05, 3.63) is 24.4 Å². The number of nitrogens with zero attached hydrogens (tertiary/aromatic N) is 1. The van der Waals surface area contributed by atoms with E-state index in [2.05, 4.69) is 0 Å². The summed E-state index contributed by atoms with van der Waals surface area (Å²) in [6.07, 6.45) is 7.33. The van der Waals surface area contributed by atoms with E-state index in [1.54, 1.807) is 13.2 Å². The van der Waals surface area contributed by atoms with E-state index in [0.29, 0.717) is 0 Å². The van der Waals surface area contributed by atoms with E-state index in [0.717, 1.165) is 0 Å². The molecule has 0 atom stereocenters. The van der Waals surface area contributed by atoms with Crippen LogP contribution in [-0.4, -0.2) is 17.9 Å². The lowest BCUT2D eigenvalue weighted by Gasteiger charge is -2.05. The maximum atomic E-state index is 10.6. The van der Waals surface area contributed by atoms with Crippen molar-refractivity contribution in [3.63, 3.8) is 0 Å². The molecule has 0 aliphatic heterocycles. The fourth-order valence-corrected chi connectivity index (χ4v) is 0.395. The Morgan fingerprint density at radius 1 is 1.40 bits per heavy atom.